The van der Waals surface area contributed by atoms with E-state index in [9.17, 15) is 8.42 Å². The molecule has 2 aromatic carbocycles. The van der Waals surface area contributed by atoms with Crippen LogP contribution in [0.4, 0.5) is 29.5 Å². The van der Waals surface area contributed by atoms with Crippen LogP contribution < -0.4 is 78.7 Å². The Balaban J connectivity index is 0.000000143. The monoisotopic (exact) mass is 2060 g/mol. The maximum absolute atomic E-state index is 13.4. The molecular weight excluding hydrogens is 1940 g/mol. The van der Waals surface area contributed by atoms with Gasteiger partial charge < -0.3 is 52.3 Å². The fourth-order valence-electron chi connectivity index (χ4n) is 19.4. The summed E-state index contributed by atoms with van der Waals surface area (Å²) in [6.07, 6.45) is 31.0. The Morgan fingerprint density at radius 2 is 0.956 bits per heavy atom. The largest absolute Gasteiger partial charge is 1.00 e. The fourth-order valence-corrected chi connectivity index (χ4v) is 23.6. The molecule has 0 saturated carbocycles. The molecule has 0 bridgehead atoms. The average Bonchev–Trinajstić information content (AvgIpc) is 1.60. The Bertz CT molecular complexity index is 6950. The van der Waals surface area contributed by atoms with Crippen molar-refractivity contribution in [3.63, 3.8) is 0 Å². The Morgan fingerprint density at radius 3 is 1.45 bits per heavy atom. The molecule has 6 aliphatic rings. The number of benzene rings is 2. The summed E-state index contributed by atoms with van der Waals surface area (Å²) >= 11 is 30.0. The molecule has 3 spiro atoms. The van der Waals surface area contributed by atoms with E-state index in [1.807, 2.05) is 195 Å². The van der Waals surface area contributed by atoms with Crippen LogP contribution in [0.3, 0.4) is 0 Å². The van der Waals surface area contributed by atoms with E-state index in [2.05, 4.69) is 97.0 Å². The van der Waals surface area contributed by atoms with Crippen molar-refractivity contribution in [3.05, 3.63) is 276 Å². The van der Waals surface area contributed by atoms with Gasteiger partial charge in [0.15, 0.2) is 11.3 Å². The second kappa shape index (κ2) is 42.4. The van der Waals surface area contributed by atoms with E-state index in [4.69, 9.17) is 101 Å². The SMILES string of the molecule is Cc1nc(N2CCC3(CC2)Cc2ncccc2[C@H]3N[S@@](=O)C(C)(C)C)n2ccnc2c1Br.[2H]C([2H])Cc1nccc(Cc2c(C)nc(N3CCC4(CC3)Cc3ncccc3[C@H]4N)n3ccnc23)c1Cl.[2H]C([2H])N(Cc1ccc(OC)cc1)c1nccc(Sc2c(C)nc(N3CCC4(CC3)Cc3ncccc3[C@H]4N[S@@](=O)C(C)(C)C)n3ccnc23)c1Cl.[2H]C([2H])N(Cc1ccc(OC)cc1)c1nccc([S-])c1Cl.[Na+]. The molecule has 3 aliphatic carbocycles. The van der Waals surface area contributed by atoms with Crippen LogP contribution in [-0.4, -0.2) is 158 Å². The number of ether oxygens (including phenoxy) is 2. The van der Waals surface area contributed by atoms with Crippen LogP contribution in [0.5, 0.6) is 11.5 Å². The van der Waals surface area contributed by atoms with Gasteiger partial charge in [-0.1, -0.05) is 102 Å². The molecule has 3 aliphatic heterocycles. The van der Waals surface area contributed by atoms with Gasteiger partial charge in [-0.15, -0.1) is 0 Å². The van der Waals surface area contributed by atoms with Gasteiger partial charge in [0.2, 0.25) is 17.8 Å². The van der Waals surface area contributed by atoms with E-state index in [1.54, 1.807) is 43.8 Å². The van der Waals surface area contributed by atoms with E-state index in [0.29, 0.717) is 50.3 Å². The topological polar surface area (TPSA) is 287 Å². The Morgan fingerprint density at radius 1 is 0.526 bits per heavy atom. The van der Waals surface area contributed by atoms with Gasteiger partial charge in [0.05, 0.1) is 99.3 Å². The van der Waals surface area contributed by atoms with E-state index in [1.165, 1.54) is 34.0 Å². The number of anilines is 5. The number of nitrogens with one attached hydrogen (secondary N) is 2. The molecule has 4 N–H and O–H groups in total. The van der Waals surface area contributed by atoms with Crippen molar-refractivity contribution in [1.82, 2.24) is 82.5 Å². The minimum absolute atomic E-state index is 0. The first kappa shape index (κ1) is 92.9. The fraction of sp³-hybridized carbons (Fsp3) is 0.406. The van der Waals surface area contributed by atoms with Gasteiger partial charge in [0.25, 0.3) is 0 Å². The number of aryl methyl sites for hydroxylation is 4. The number of halogens is 4. The minimum Gasteiger partial charge on any atom is -0.778 e. The summed E-state index contributed by atoms with van der Waals surface area (Å²) in [5.41, 5.74) is 23.2. The third-order valence-corrected chi connectivity index (χ3v) is 34.1. The number of nitrogens with zero attached hydrogens (tertiary/aromatic N) is 20. The quantitative estimate of drug-likeness (QED) is 0.0472. The third-order valence-electron chi connectivity index (χ3n) is 27.0. The zero-order valence-electron chi connectivity index (χ0n) is 84.9. The van der Waals surface area contributed by atoms with Gasteiger partial charge in [-0.2, -0.15) is 4.90 Å². The van der Waals surface area contributed by atoms with Crippen molar-refractivity contribution in [3.8, 4) is 11.5 Å². The van der Waals surface area contributed by atoms with Crippen LogP contribution in [0.1, 0.15) is 192 Å². The number of hydrogen-bond donors (Lipinski definition) is 3. The maximum atomic E-state index is 13.4. The smallest absolute Gasteiger partial charge is 0.778 e. The van der Waals surface area contributed by atoms with Gasteiger partial charge in [-0.05, 0) is 247 Å². The summed E-state index contributed by atoms with van der Waals surface area (Å²) in [5, 5.41) is 1.18. The number of rotatable bonds is 20. The van der Waals surface area contributed by atoms with Gasteiger partial charge >= 0.3 is 29.6 Å². The van der Waals surface area contributed by atoms with Crippen LogP contribution in [-0.2, 0) is 79.8 Å². The van der Waals surface area contributed by atoms with Crippen molar-refractivity contribution >= 4 is 144 Å². The number of pyridine rings is 6. The summed E-state index contributed by atoms with van der Waals surface area (Å²) in [6.45, 7) is 20.2. The van der Waals surface area contributed by atoms with Crippen molar-refractivity contribution in [1.29, 1.82) is 0 Å². The Hall–Kier alpha value is -9.10. The second-order valence-corrected chi connectivity index (χ2v) is 45.0. The molecule has 5 atom stereocenters. The normalized spacial score (nSPS) is 18.4. The molecule has 14 aromatic rings. The zero-order chi connectivity index (χ0) is 101. The Labute approximate surface area is 870 Å². The van der Waals surface area contributed by atoms with Gasteiger partial charge in [0, 0.05) is 195 Å². The zero-order valence-corrected chi connectivity index (χ0v) is 88.1. The minimum atomic E-state index is -1.33. The molecule has 27 nitrogen and oxygen atoms in total. The van der Waals surface area contributed by atoms with E-state index < -0.39 is 42.8 Å². The first-order valence-corrected chi connectivity index (χ1v) is 50.8. The summed E-state index contributed by atoms with van der Waals surface area (Å²) in [7, 11) is 0.849. The van der Waals surface area contributed by atoms with Crippen LogP contribution in [0.2, 0.25) is 15.1 Å². The molecule has 137 heavy (non-hydrogen) atoms. The molecule has 3 fully saturated rings. The van der Waals surface area contributed by atoms with E-state index >= 15 is 0 Å². The van der Waals surface area contributed by atoms with Crippen LogP contribution >= 0.6 is 62.5 Å². The maximum Gasteiger partial charge on any atom is 1.00 e. The predicted octanol–water partition coefficient (Wildman–Crippen LogP) is 16.1. The van der Waals surface area contributed by atoms with Crippen LogP contribution in [0, 0.1) is 37.0 Å². The van der Waals surface area contributed by atoms with Crippen molar-refractivity contribution in [2.45, 2.75) is 195 Å². The van der Waals surface area contributed by atoms with Crippen molar-refractivity contribution in [2.75, 3.05) is 92.0 Å². The second-order valence-electron chi connectivity index (χ2n) is 37.6. The van der Waals surface area contributed by atoms with Crippen molar-refractivity contribution in [2.24, 2.45) is 22.0 Å². The number of fused-ring (bicyclic) bond motifs is 6. The molecule has 36 heteroatoms. The summed E-state index contributed by atoms with van der Waals surface area (Å²) < 4.78 is 97.4. The van der Waals surface area contributed by atoms with E-state index in [-0.39, 0.29) is 86.4 Å². The van der Waals surface area contributed by atoms with Gasteiger partial charge in [-0.25, -0.2) is 57.7 Å². The third kappa shape index (κ3) is 21.0. The summed E-state index contributed by atoms with van der Waals surface area (Å²) in [6, 6.07) is 32.7. The average molecular weight is 2060 g/mol. The summed E-state index contributed by atoms with van der Waals surface area (Å²) in [4.78, 5) is 68.1. The molecule has 3 saturated heterocycles. The first-order chi connectivity index (χ1) is 68.0. The number of nitrogens with two attached hydrogens (primary N) is 1. The molecule has 20 rings (SSSR count). The Kier molecular flexibility index (Phi) is 28.7. The number of aromatic nitrogens is 15. The van der Waals surface area contributed by atoms with Crippen molar-refractivity contribution < 1.29 is 55.7 Å². The first-order valence-electron chi connectivity index (χ1n) is 48.9. The van der Waals surface area contributed by atoms with Gasteiger partial charge in [0.1, 0.15) is 28.8 Å². The molecule has 12 aromatic heterocycles. The predicted molar refractivity (Wildman–Crippen MR) is 551 cm³/mol. The standard InChI is InChI=1S/C37H43ClN8O2S2.C27H30ClN7.C23H29BrN6OS.C14H15ClN2OS.Na/c1-24-31(49-29-13-17-40-33(30(29)38)44(5)23-25-9-11-26(48-6)12-10-25)34-41-18-21-46(34)35(42-24)45-19-14-37(15-20-45)22-28-27(8-7-16-39-28)32(37)43-50(47)36(2,3)4;1-3-21-23(28)18(6-10-31-21)15-20-17(2)33-26(35-14-11-32-25(20)35)34-12-7-27(8-13-34)16-22-19(24(27)29)5-4-9-30-22;1-15-18(24)20-26-10-13-30(20)21(27-15)29-11-7-23(8-12-29)14-17-16(6-5-9-25-17)19(23)28-32(31)22(2,3)4;1-17(14-13(15)12(19)7-8-16-14)9-10-3-5-11(18-2)6-4-10;/h7-13,16-18,21,32,43H,14-15,19-20,22-23H2,1-6H3;4-6,9-11,14,24H,3,7-8,12-13,15-16,29H2,1-2H3;5-6,9-10,13,19,28H,7-8,11-12,14H2,1-4H3;3-8H,9H2,1-2H3,(H,16,19);/q;;;;+1/p-1/t32-,50+;24-;19-,32+;;/m111../s1/i5D2;1D2;;1D2;. The molecule has 0 unspecified atom stereocenters. The van der Waals surface area contributed by atoms with E-state index in [0.717, 1.165) is 220 Å². The molecule has 15 heterocycles. The number of methoxy groups -OCH3 is 2. The number of piperidine rings is 3. The van der Waals surface area contributed by atoms with Gasteiger partial charge in [-0.3, -0.25) is 33.1 Å². The molecule has 712 valence electrons. The molecule has 0 amide bonds. The molecular formula is C101H116BrCl3N23NaO4S4. The number of hydrogen-bond acceptors (Lipinski definition) is 24. The summed E-state index contributed by atoms with van der Waals surface area (Å²) in [5.74, 6) is 4.88. The molecule has 0 radical (unpaired) electrons. The van der Waals surface area contributed by atoms with Crippen LogP contribution in [0.25, 0.3) is 16.9 Å². The number of imidazole rings is 3. The van der Waals surface area contributed by atoms with Crippen LogP contribution in [0.15, 0.2) is 197 Å².